The van der Waals surface area contributed by atoms with Gasteiger partial charge >= 0.3 is 0 Å². The molecule has 0 aliphatic carbocycles. The highest BCUT2D eigenvalue weighted by atomic mass is 16.1. The van der Waals surface area contributed by atoms with E-state index in [9.17, 15) is 4.79 Å². The van der Waals surface area contributed by atoms with Gasteiger partial charge in [-0.25, -0.2) is 0 Å². The van der Waals surface area contributed by atoms with Crippen LogP contribution >= 0.6 is 0 Å². The number of para-hydroxylation sites is 1. The van der Waals surface area contributed by atoms with Crippen molar-refractivity contribution in [1.82, 2.24) is 10.3 Å². The highest BCUT2D eigenvalue weighted by Crippen LogP contribution is 2.28. The summed E-state index contributed by atoms with van der Waals surface area (Å²) in [7, 11) is 0. The second-order valence-corrected chi connectivity index (χ2v) is 6.72. The second kappa shape index (κ2) is 6.29. The first kappa shape index (κ1) is 15.6. The van der Waals surface area contributed by atoms with Crippen LogP contribution in [-0.2, 0) is 6.54 Å². The molecule has 1 heterocycles. The average molecular weight is 350 g/mol. The molecule has 0 unspecified atom stereocenters. The van der Waals surface area contributed by atoms with Gasteiger partial charge in [-0.05, 0) is 34.5 Å². The molecule has 130 valence electrons. The maximum atomic E-state index is 13.0. The number of rotatable bonds is 3. The molecule has 0 atom stereocenters. The molecule has 3 nitrogen and oxygen atoms in total. The summed E-state index contributed by atoms with van der Waals surface area (Å²) in [5.41, 5.74) is 3.84. The predicted molar refractivity (Wildman–Crippen MR) is 111 cm³/mol. The average Bonchev–Trinajstić information content (AvgIpc) is 3.10. The number of carbonyl (C=O) groups excluding carboxylic acids is 1. The monoisotopic (exact) mass is 350 g/mol. The zero-order valence-electron chi connectivity index (χ0n) is 14.7. The van der Waals surface area contributed by atoms with Crippen LogP contribution in [0.1, 0.15) is 15.9 Å². The van der Waals surface area contributed by atoms with Crippen molar-refractivity contribution in [3.05, 3.63) is 96.1 Å². The lowest BCUT2D eigenvalue weighted by molar-refractivity contribution is 0.0953. The summed E-state index contributed by atoms with van der Waals surface area (Å²) < 4.78 is 0. The number of hydrogen-bond donors (Lipinski definition) is 2. The van der Waals surface area contributed by atoms with Gasteiger partial charge < -0.3 is 10.3 Å². The Morgan fingerprint density at radius 2 is 1.44 bits per heavy atom. The van der Waals surface area contributed by atoms with Crippen LogP contribution in [0.2, 0.25) is 0 Å². The summed E-state index contributed by atoms with van der Waals surface area (Å²) >= 11 is 0. The molecule has 0 bridgehead atoms. The molecule has 0 aliphatic rings. The van der Waals surface area contributed by atoms with Gasteiger partial charge in [0.1, 0.15) is 0 Å². The zero-order valence-corrected chi connectivity index (χ0v) is 14.7. The molecule has 1 amide bonds. The number of aromatic nitrogens is 1. The van der Waals surface area contributed by atoms with Gasteiger partial charge in [0.05, 0.1) is 0 Å². The van der Waals surface area contributed by atoms with Gasteiger partial charge in [0, 0.05) is 33.9 Å². The minimum absolute atomic E-state index is 0.0571. The van der Waals surface area contributed by atoms with Crippen LogP contribution in [0.15, 0.2) is 84.9 Å². The first-order valence-corrected chi connectivity index (χ1v) is 9.05. The zero-order chi connectivity index (χ0) is 18.2. The van der Waals surface area contributed by atoms with Gasteiger partial charge in [-0.15, -0.1) is 0 Å². The van der Waals surface area contributed by atoms with Crippen LogP contribution in [0.25, 0.3) is 32.6 Å². The van der Waals surface area contributed by atoms with Crippen molar-refractivity contribution in [2.24, 2.45) is 0 Å². The van der Waals surface area contributed by atoms with Gasteiger partial charge in [-0.3, -0.25) is 4.79 Å². The lowest BCUT2D eigenvalue weighted by atomic mass is 10.0. The molecule has 0 radical (unpaired) electrons. The first-order valence-electron chi connectivity index (χ1n) is 9.05. The summed E-state index contributed by atoms with van der Waals surface area (Å²) in [5, 5.41) is 7.50. The van der Waals surface area contributed by atoms with Crippen molar-refractivity contribution in [1.29, 1.82) is 0 Å². The van der Waals surface area contributed by atoms with Crippen molar-refractivity contribution < 1.29 is 4.79 Å². The van der Waals surface area contributed by atoms with E-state index in [-0.39, 0.29) is 5.91 Å². The number of amides is 1. The molecule has 4 aromatic carbocycles. The van der Waals surface area contributed by atoms with Gasteiger partial charge in [0.15, 0.2) is 0 Å². The number of benzene rings is 4. The van der Waals surface area contributed by atoms with E-state index in [1.54, 1.807) is 0 Å². The number of hydrogen-bond acceptors (Lipinski definition) is 1. The fourth-order valence-electron chi connectivity index (χ4n) is 3.81. The van der Waals surface area contributed by atoms with Crippen LogP contribution in [-0.4, -0.2) is 10.9 Å². The highest BCUT2D eigenvalue weighted by molar-refractivity contribution is 6.17. The number of nitrogens with one attached hydrogen (secondary N) is 2. The first-order chi connectivity index (χ1) is 13.3. The Balaban J connectivity index is 1.51. The molecule has 1 aromatic heterocycles. The van der Waals surface area contributed by atoms with E-state index in [1.165, 1.54) is 10.8 Å². The van der Waals surface area contributed by atoms with Gasteiger partial charge in [-0.2, -0.15) is 0 Å². The Hall–Kier alpha value is -3.59. The summed E-state index contributed by atoms with van der Waals surface area (Å²) in [6, 6.07) is 28.3. The van der Waals surface area contributed by atoms with E-state index in [0.717, 1.165) is 27.4 Å². The fraction of sp³-hybridized carbons (Fsp3) is 0.0417. The Kier molecular flexibility index (Phi) is 3.65. The quantitative estimate of drug-likeness (QED) is 0.449. The third-order valence-corrected chi connectivity index (χ3v) is 5.09. The molecule has 0 saturated heterocycles. The molecular weight excluding hydrogens is 332 g/mol. The second-order valence-electron chi connectivity index (χ2n) is 6.72. The maximum Gasteiger partial charge on any atom is 0.252 e. The third kappa shape index (κ3) is 2.64. The molecule has 0 saturated carbocycles. The van der Waals surface area contributed by atoms with E-state index in [1.807, 2.05) is 54.6 Å². The van der Waals surface area contributed by atoms with Crippen LogP contribution in [0.4, 0.5) is 0 Å². The lowest BCUT2D eigenvalue weighted by Crippen LogP contribution is -2.23. The minimum Gasteiger partial charge on any atom is -0.354 e. The minimum atomic E-state index is -0.0571. The van der Waals surface area contributed by atoms with Crippen LogP contribution in [0.5, 0.6) is 0 Å². The fourth-order valence-corrected chi connectivity index (χ4v) is 3.81. The van der Waals surface area contributed by atoms with E-state index >= 15 is 0 Å². The molecule has 27 heavy (non-hydrogen) atoms. The van der Waals surface area contributed by atoms with E-state index in [4.69, 9.17) is 0 Å². The predicted octanol–water partition coefficient (Wildman–Crippen LogP) is 5.40. The van der Waals surface area contributed by atoms with Crippen molar-refractivity contribution in [3.8, 4) is 0 Å². The summed E-state index contributed by atoms with van der Waals surface area (Å²) in [5.74, 6) is -0.0571. The molecule has 0 aliphatic heterocycles. The van der Waals surface area contributed by atoms with Gasteiger partial charge in [0.2, 0.25) is 0 Å². The van der Waals surface area contributed by atoms with Crippen molar-refractivity contribution >= 4 is 38.5 Å². The SMILES string of the molecule is O=C(NCc1cccc2ccccc12)c1cccc2[nH]c3ccccc3c12. The molecule has 0 fully saturated rings. The van der Waals surface area contributed by atoms with E-state index < -0.39 is 0 Å². The van der Waals surface area contributed by atoms with Gasteiger partial charge in [-0.1, -0.05) is 66.7 Å². The third-order valence-electron chi connectivity index (χ3n) is 5.09. The largest absolute Gasteiger partial charge is 0.354 e. The Bertz CT molecular complexity index is 1290. The standard InChI is InChI=1S/C24H18N2O/c27-24(25-15-17-9-5-8-16-7-1-2-10-18(16)17)20-12-6-14-22-23(20)19-11-3-4-13-21(19)26-22/h1-14,26H,15H2,(H,25,27). The van der Waals surface area contributed by atoms with Gasteiger partial charge in [0.25, 0.3) is 5.91 Å². The Labute approximate surface area is 156 Å². The molecule has 3 heteroatoms. The van der Waals surface area contributed by atoms with Crippen LogP contribution in [0, 0.1) is 0 Å². The van der Waals surface area contributed by atoms with Crippen LogP contribution in [0.3, 0.4) is 0 Å². The number of aromatic amines is 1. The topological polar surface area (TPSA) is 44.9 Å². The maximum absolute atomic E-state index is 13.0. The molecule has 0 spiro atoms. The Morgan fingerprint density at radius 3 is 2.37 bits per heavy atom. The molecule has 5 rings (SSSR count). The Morgan fingerprint density at radius 1 is 0.741 bits per heavy atom. The summed E-state index contributed by atoms with van der Waals surface area (Å²) in [6.07, 6.45) is 0. The normalized spacial score (nSPS) is 11.3. The lowest BCUT2D eigenvalue weighted by Gasteiger charge is -2.09. The number of H-pyrrole nitrogens is 1. The summed E-state index contributed by atoms with van der Waals surface area (Å²) in [4.78, 5) is 16.4. The van der Waals surface area contributed by atoms with Crippen LogP contribution < -0.4 is 5.32 Å². The molecular formula is C24H18N2O. The summed E-state index contributed by atoms with van der Waals surface area (Å²) in [6.45, 7) is 0.499. The van der Waals surface area contributed by atoms with Crippen molar-refractivity contribution in [2.45, 2.75) is 6.54 Å². The number of fused-ring (bicyclic) bond motifs is 4. The van der Waals surface area contributed by atoms with E-state index in [2.05, 4.69) is 40.6 Å². The smallest absolute Gasteiger partial charge is 0.252 e. The number of carbonyl (C=O) groups is 1. The highest BCUT2D eigenvalue weighted by Gasteiger charge is 2.14. The molecule has 5 aromatic rings. The van der Waals surface area contributed by atoms with Crippen molar-refractivity contribution in [2.75, 3.05) is 0 Å². The van der Waals surface area contributed by atoms with Crippen molar-refractivity contribution in [3.63, 3.8) is 0 Å². The molecule has 2 N–H and O–H groups in total. The van der Waals surface area contributed by atoms with E-state index in [0.29, 0.717) is 12.1 Å².